The number of hydrogen-bond acceptors (Lipinski definition) is 6. The van der Waals surface area contributed by atoms with E-state index in [0.717, 1.165) is 0 Å². The summed E-state index contributed by atoms with van der Waals surface area (Å²) in [4.78, 5) is 22.9. The first-order chi connectivity index (χ1) is 9.13. The number of nitrogen functional groups attached to an aromatic ring is 2. The average Bonchev–Trinajstić information content (AvgIpc) is 2.45. The van der Waals surface area contributed by atoms with Crippen LogP contribution < -0.4 is 27.3 Å². The van der Waals surface area contributed by atoms with Crippen LogP contribution in [-0.2, 0) is 4.74 Å². The van der Waals surface area contributed by atoms with E-state index in [9.17, 15) is 9.59 Å². The summed E-state index contributed by atoms with van der Waals surface area (Å²) < 4.78 is 10.2. The molecule has 0 unspecified atom stereocenters. The average molecular weight is 268 g/mol. The Bertz CT molecular complexity index is 464. The number of carbonyl (C=O) groups is 2. The van der Waals surface area contributed by atoms with Crippen LogP contribution in [0.1, 0.15) is 20.7 Å². The molecule has 6 N–H and O–H groups in total. The highest BCUT2D eigenvalue weighted by Gasteiger charge is 2.14. The molecule has 0 saturated carbocycles. The maximum Gasteiger partial charge on any atom is 0.268 e. The summed E-state index contributed by atoms with van der Waals surface area (Å²) in [6.45, 7) is 0.575. The topological polar surface area (TPSA) is 129 Å². The van der Waals surface area contributed by atoms with Crippen LogP contribution in [0, 0.1) is 0 Å². The second-order valence-corrected chi connectivity index (χ2v) is 3.50. The maximum atomic E-state index is 11.5. The SMILES string of the molecule is COCCOc1cc(C(=O)NN)ccc1C(=O)NN. The highest BCUT2D eigenvalue weighted by molar-refractivity contribution is 5.99. The Labute approximate surface area is 110 Å². The van der Waals surface area contributed by atoms with Crippen molar-refractivity contribution in [1.29, 1.82) is 0 Å². The number of ether oxygens (including phenoxy) is 2. The second-order valence-electron chi connectivity index (χ2n) is 3.50. The van der Waals surface area contributed by atoms with E-state index in [1.54, 1.807) is 0 Å². The monoisotopic (exact) mass is 268 g/mol. The van der Waals surface area contributed by atoms with Crippen molar-refractivity contribution in [3.05, 3.63) is 29.3 Å². The number of rotatable bonds is 6. The third-order valence-electron chi connectivity index (χ3n) is 2.30. The molecule has 0 heterocycles. The molecule has 0 spiro atoms. The summed E-state index contributed by atoms with van der Waals surface area (Å²) in [5.74, 6) is 9.33. The number of hydrazine groups is 2. The number of amides is 2. The molecular weight excluding hydrogens is 252 g/mol. The maximum absolute atomic E-state index is 11.5. The van der Waals surface area contributed by atoms with Gasteiger partial charge in [-0.2, -0.15) is 0 Å². The highest BCUT2D eigenvalue weighted by atomic mass is 16.5. The number of nitrogens with two attached hydrogens (primary N) is 2. The van der Waals surface area contributed by atoms with E-state index in [1.165, 1.54) is 25.3 Å². The predicted molar refractivity (Wildman–Crippen MR) is 67.1 cm³/mol. The Kier molecular flexibility index (Phi) is 5.73. The van der Waals surface area contributed by atoms with E-state index < -0.39 is 11.8 Å². The first kappa shape index (κ1) is 14.9. The van der Waals surface area contributed by atoms with Gasteiger partial charge in [0, 0.05) is 12.7 Å². The molecule has 2 amide bonds. The van der Waals surface area contributed by atoms with Crippen molar-refractivity contribution < 1.29 is 19.1 Å². The molecule has 0 bridgehead atoms. The Morgan fingerprint density at radius 2 is 1.84 bits per heavy atom. The normalized spacial score (nSPS) is 9.84. The molecule has 0 fully saturated rings. The fourth-order valence-electron chi connectivity index (χ4n) is 1.37. The Hall–Kier alpha value is -2.16. The molecule has 0 aliphatic heterocycles. The van der Waals surface area contributed by atoms with Gasteiger partial charge in [0.2, 0.25) is 0 Å². The lowest BCUT2D eigenvalue weighted by Crippen LogP contribution is -2.31. The zero-order chi connectivity index (χ0) is 14.3. The Morgan fingerprint density at radius 3 is 2.42 bits per heavy atom. The van der Waals surface area contributed by atoms with Crippen LogP contribution in [0.15, 0.2) is 18.2 Å². The minimum atomic E-state index is -0.521. The van der Waals surface area contributed by atoms with Gasteiger partial charge in [0.05, 0.1) is 12.2 Å². The smallest absolute Gasteiger partial charge is 0.268 e. The molecule has 0 atom stereocenters. The van der Waals surface area contributed by atoms with Crippen molar-refractivity contribution in [2.45, 2.75) is 0 Å². The zero-order valence-electron chi connectivity index (χ0n) is 10.4. The van der Waals surface area contributed by atoms with Crippen LogP contribution in [0.25, 0.3) is 0 Å². The predicted octanol–water partition coefficient (Wildman–Crippen LogP) is -1.08. The molecule has 8 heteroatoms. The molecule has 19 heavy (non-hydrogen) atoms. The first-order valence-corrected chi connectivity index (χ1v) is 5.41. The van der Waals surface area contributed by atoms with Crippen LogP contribution in [0.2, 0.25) is 0 Å². The largest absolute Gasteiger partial charge is 0.490 e. The van der Waals surface area contributed by atoms with Gasteiger partial charge in [-0.1, -0.05) is 0 Å². The fourth-order valence-corrected chi connectivity index (χ4v) is 1.37. The van der Waals surface area contributed by atoms with Crippen molar-refractivity contribution in [2.24, 2.45) is 11.7 Å². The Balaban J connectivity index is 3.03. The van der Waals surface area contributed by atoms with Gasteiger partial charge < -0.3 is 9.47 Å². The molecule has 1 aromatic carbocycles. The van der Waals surface area contributed by atoms with E-state index in [2.05, 4.69) is 0 Å². The van der Waals surface area contributed by atoms with E-state index in [-0.39, 0.29) is 23.5 Å². The van der Waals surface area contributed by atoms with Crippen molar-refractivity contribution in [3.63, 3.8) is 0 Å². The van der Waals surface area contributed by atoms with Crippen molar-refractivity contribution in [1.82, 2.24) is 10.9 Å². The van der Waals surface area contributed by atoms with E-state index >= 15 is 0 Å². The molecule has 0 saturated heterocycles. The van der Waals surface area contributed by atoms with Gasteiger partial charge in [-0.15, -0.1) is 0 Å². The quantitative estimate of drug-likeness (QED) is 0.225. The Morgan fingerprint density at radius 1 is 1.16 bits per heavy atom. The van der Waals surface area contributed by atoms with Gasteiger partial charge in [0.25, 0.3) is 11.8 Å². The van der Waals surface area contributed by atoms with Crippen LogP contribution in [0.3, 0.4) is 0 Å². The summed E-state index contributed by atoms with van der Waals surface area (Å²) >= 11 is 0. The summed E-state index contributed by atoms with van der Waals surface area (Å²) in [7, 11) is 1.52. The number of methoxy groups -OCH3 is 1. The molecule has 0 radical (unpaired) electrons. The second kappa shape index (κ2) is 7.31. The van der Waals surface area contributed by atoms with Crippen molar-refractivity contribution in [3.8, 4) is 5.75 Å². The summed E-state index contributed by atoms with van der Waals surface area (Å²) in [6.07, 6.45) is 0. The van der Waals surface area contributed by atoms with Crippen LogP contribution in [0.4, 0.5) is 0 Å². The van der Waals surface area contributed by atoms with Gasteiger partial charge in [0.15, 0.2) is 0 Å². The lowest BCUT2D eigenvalue weighted by atomic mass is 10.1. The van der Waals surface area contributed by atoms with Gasteiger partial charge in [0.1, 0.15) is 12.4 Å². The lowest BCUT2D eigenvalue weighted by molar-refractivity contribution is 0.0935. The van der Waals surface area contributed by atoms with Crippen molar-refractivity contribution in [2.75, 3.05) is 20.3 Å². The van der Waals surface area contributed by atoms with Crippen LogP contribution in [-0.4, -0.2) is 32.1 Å². The number of hydrogen-bond donors (Lipinski definition) is 4. The minimum Gasteiger partial charge on any atom is -0.490 e. The minimum absolute atomic E-state index is 0.215. The number of nitrogens with one attached hydrogen (secondary N) is 2. The van der Waals surface area contributed by atoms with E-state index in [4.69, 9.17) is 21.2 Å². The van der Waals surface area contributed by atoms with Gasteiger partial charge in [-0.3, -0.25) is 20.4 Å². The molecule has 0 aliphatic rings. The summed E-state index contributed by atoms with van der Waals surface area (Å²) in [5.41, 5.74) is 4.48. The van der Waals surface area contributed by atoms with Gasteiger partial charge >= 0.3 is 0 Å². The first-order valence-electron chi connectivity index (χ1n) is 5.41. The van der Waals surface area contributed by atoms with Gasteiger partial charge in [-0.05, 0) is 18.2 Å². The van der Waals surface area contributed by atoms with Crippen LogP contribution >= 0.6 is 0 Å². The summed E-state index contributed by atoms with van der Waals surface area (Å²) in [6, 6.07) is 4.27. The molecule has 0 aliphatic carbocycles. The molecular formula is C11H16N4O4. The molecule has 0 aromatic heterocycles. The van der Waals surface area contributed by atoms with E-state index in [1.807, 2.05) is 10.9 Å². The van der Waals surface area contributed by atoms with Crippen LogP contribution in [0.5, 0.6) is 5.75 Å². The molecule has 1 aromatic rings. The standard InChI is InChI=1S/C11H16N4O4/c1-18-4-5-19-9-6-7(10(16)14-12)2-3-8(9)11(17)15-13/h2-3,6H,4-5,12-13H2,1H3,(H,14,16)(H,15,17). The zero-order valence-corrected chi connectivity index (χ0v) is 10.4. The molecule has 8 nitrogen and oxygen atoms in total. The summed E-state index contributed by atoms with van der Waals surface area (Å²) in [5, 5.41) is 0. The number of carbonyl (C=O) groups excluding carboxylic acids is 2. The van der Waals surface area contributed by atoms with Crippen molar-refractivity contribution >= 4 is 11.8 Å². The molecule has 104 valence electrons. The van der Waals surface area contributed by atoms with E-state index in [0.29, 0.717) is 6.61 Å². The third kappa shape index (κ3) is 3.91. The highest BCUT2D eigenvalue weighted by Crippen LogP contribution is 2.20. The third-order valence-corrected chi connectivity index (χ3v) is 2.30. The molecule has 1 rings (SSSR count). The lowest BCUT2D eigenvalue weighted by Gasteiger charge is -2.11. The number of benzene rings is 1. The van der Waals surface area contributed by atoms with Gasteiger partial charge in [-0.25, -0.2) is 11.7 Å². The fraction of sp³-hybridized carbons (Fsp3) is 0.273.